The lowest BCUT2D eigenvalue weighted by molar-refractivity contribution is -0.123. The molecule has 1 unspecified atom stereocenters. The molecule has 0 saturated carbocycles. The van der Waals surface area contributed by atoms with Crippen molar-refractivity contribution in [3.8, 4) is 0 Å². The first-order valence-corrected chi connectivity index (χ1v) is 6.96. The summed E-state index contributed by atoms with van der Waals surface area (Å²) in [6, 6.07) is 12.9. The minimum atomic E-state index is -0.930. The highest BCUT2D eigenvalue weighted by Crippen LogP contribution is 2.14. The van der Waals surface area contributed by atoms with Crippen LogP contribution in [0.15, 0.2) is 48.5 Å². The van der Waals surface area contributed by atoms with E-state index >= 15 is 0 Å². The summed E-state index contributed by atoms with van der Waals surface area (Å²) >= 11 is 5.77. The summed E-state index contributed by atoms with van der Waals surface area (Å²) in [4.78, 5) is 23.9. The molecule has 0 aromatic heterocycles. The van der Waals surface area contributed by atoms with E-state index in [2.05, 4.69) is 5.32 Å². The number of hydrogen-bond donors (Lipinski definition) is 2. The lowest BCUT2D eigenvalue weighted by atomic mass is 10.2. The molecule has 0 aliphatic carbocycles. The molecule has 2 aromatic rings. The minimum absolute atomic E-state index is 0.334. The zero-order valence-electron chi connectivity index (χ0n) is 11.9. The highest BCUT2D eigenvalue weighted by molar-refractivity contribution is 6.30. The van der Waals surface area contributed by atoms with Crippen LogP contribution in [-0.2, 0) is 9.53 Å². The van der Waals surface area contributed by atoms with E-state index in [4.69, 9.17) is 22.1 Å². The van der Waals surface area contributed by atoms with Gasteiger partial charge in [-0.15, -0.1) is 0 Å². The Kier molecular flexibility index (Phi) is 5.01. The molecule has 0 bridgehead atoms. The van der Waals surface area contributed by atoms with Crippen LogP contribution in [0.2, 0.25) is 5.02 Å². The lowest BCUT2D eigenvalue weighted by Crippen LogP contribution is -2.29. The molecule has 22 heavy (non-hydrogen) atoms. The van der Waals surface area contributed by atoms with Gasteiger partial charge in [0.1, 0.15) is 0 Å². The van der Waals surface area contributed by atoms with Crippen molar-refractivity contribution < 1.29 is 14.3 Å². The van der Waals surface area contributed by atoms with Gasteiger partial charge in [-0.2, -0.15) is 0 Å². The van der Waals surface area contributed by atoms with E-state index < -0.39 is 18.0 Å². The van der Waals surface area contributed by atoms with E-state index in [1.807, 2.05) is 0 Å². The van der Waals surface area contributed by atoms with E-state index in [0.717, 1.165) is 0 Å². The molecule has 6 heteroatoms. The van der Waals surface area contributed by atoms with Crippen LogP contribution in [0.25, 0.3) is 0 Å². The summed E-state index contributed by atoms with van der Waals surface area (Å²) < 4.78 is 5.12. The predicted molar refractivity (Wildman–Crippen MR) is 85.8 cm³/mol. The Morgan fingerprint density at radius 1 is 1.09 bits per heavy atom. The zero-order chi connectivity index (χ0) is 16.1. The maximum atomic E-state index is 12.0. The number of halogens is 1. The third-order valence-corrected chi connectivity index (χ3v) is 3.16. The van der Waals surface area contributed by atoms with Crippen LogP contribution in [0.4, 0.5) is 11.4 Å². The van der Waals surface area contributed by atoms with Gasteiger partial charge in [0.15, 0.2) is 6.10 Å². The Labute approximate surface area is 133 Å². The molecule has 114 valence electrons. The second-order valence-electron chi connectivity index (χ2n) is 4.67. The molecule has 0 fully saturated rings. The number of carbonyl (C=O) groups is 2. The number of esters is 1. The van der Waals surface area contributed by atoms with Crippen molar-refractivity contribution in [1.29, 1.82) is 0 Å². The lowest BCUT2D eigenvalue weighted by Gasteiger charge is -2.13. The summed E-state index contributed by atoms with van der Waals surface area (Å²) in [5.41, 5.74) is 7.00. The van der Waals surface area contributed by atoms with Crippen molar-refractivity contribution in [1.82, 2.24) is 0 Å². The van der Waals surface area contributed by atoms with Crippen LogP contribution >= 0.6 is 11.6 Å². The van der Waals surface area contributed by atoms with Gasteiger partial charge in [-0.25, -0.2) is 4.79 Å². The second-order valence-corrected chi connectivity index (χ2v) is 5.10. The quantitative estimate of drug-likeness (QED) is 0.670. The average Bonchev–Trinajstić information content (AvgIpc) is 2.50. The van der Waals surface area contributed by atoms with Crippen LogP contribution in [-0.4, -0.2) is 18.0 Å². The van der Waals surface area contributed by atoms with Crippen molar-refractivity contribution in [2.45, 2.75) is 13.0 Å². The van der Waals surface area contributed by atoms with Crippen LogP contribution in [0.1, 0.15) is 17.3 Å². The molecule has 0 spiro atoms. The fourth-order valence-electron chi connectivity index (χ4n) is 1.68. The maximum Gasteiger partial charge on any atom is 0.338 e. The fourth-order valence-corrected chi connectivity index (χ4v) is 1.80. The molecule has 1 amide bonds. The van der Waals surface area contributed by atoms with Gasteiger partial charge in [0.2, 0.25) is 0 Å². The molecule has 0 heterocycles. The van der Waals surface area contributed by atoms with Crippen molar-refractivity contribution >= 4 is 34.9 Å². The van der Waals surface area contributed by atoms with Crippen LogP contribution in [0.5, 0.6) is 0 Å². The number of nitrogens with one attached hydrogen (secondary N) is 1. The number of nitrogen functional groups attached to an aromatic ring is 1. The van der Waals surface area contributed by atoms with Gasteiger partial charge in [-0.3, -0.25) is 4.79 Å². The summed E-state index contributed by atoms with van der Waals surface area (Å²) in [5, 5.41) is 3.21. The smallest absolute Gasteiger partial charge is 0.338 e. The molecule has 2 aromatic carbocycles. The van der Waals surface area contributed by atoms with Crippen LogP contribution < -0.4 is 11.1 Å². The van der Waals surface area contributed by atoms with E-state index in [9.17, 15) is 9.59 Å². The first-order valence-electron chi connectivity index (χ1n) is 6.58. The van der Waals surface area contributed by atoms with Gasteiger partial charge in [0.25, 0.3) is 5.91 Å². The summed E-state index contributed by atoms with van der Waals surface area (Å²) in [7, 11) is 0. The number of hydrogen-bond acceptors (Lipinski definition) is 4. The van der Waals surface area contributed by atoms with Gasteiger partial charge < -0.3 is 15.8 Å². The zero-order valence-corrected chi connectivity index (χ0v) is 12.6. The van der Waals surface area contributed by atoms with Gasteiger partial charge >= 0.3 is 5.97 Å². The molecular weight excluding hydrogens is 304 g/mol. The summed E-state index contributed by atoms with van der Waals surface area (Å²) in [6.45, 7) is 1.50. The van der Waals surface area contributed by atoms with Gasteiger partial charge in [0, 0.05) is 16.4 Å². The Morgan fingerprint density at radius 2 is 1.68 bits per heavy atom. The molecule has 0 saturated heterocycles. The van der Waals surface area contributed by atoms with E-state index in [1.54, 1.807) is 48.5 Å². The highest BCUT2D eigenvalue weighted by Gasteiger charge is 2.19. The molecule has 5 nitrogen and oxygen atoms in total. The molecule has 3 N–H and O–H groups in total. The molecule has 0 aliphatic heterocycles. The first kappa shape index (κ1) is 15.9. The third-order valence-electron chi connectivity index (χ3n) is 2.91. The predicted octanol–water partition coefficient (Wildman–Crippen LogP) is 3.11. The minimum Gasteiger partial charge on any atom is -0.449 e. The van der Waals surface area contributed by atoms with E-state index in [-0.39, 0.29) is 0 Å². The van der Waals surface area contributed by atoms with Gasteiger partial charge in [-0.05, 0) is 55.5 Å². The molecular formula is C16H15ClN2O3. The van der Waals surface area contributed by atoms with Crippen molar-refractivity contribution in [2.75, 3.05) is 11.1 Å². The average molecular weight is 319 g/mol. The topological polar surface area (TPSA) is 81.4 Å². The van der Waals surface area contributed by atoms with Crippen LogP contribution in [0.3, 0.4) is 0 Å². The molecule has 0 radical (unpaired) electrons. The number of anilines is 2. The van der Waals surface area contributed by atoms with Crippen molar-refractivity contribution in [3.05, 3.63) is 59.1 Å². The fraction of sp³-hybridized carbons (Fsp3) is 0.125. The number of nitrogens with two attached hydrogens (primary N) is 1. The van der Waals surface area contributed by atoms with E-state index in [0.29, 0.717) is 22.0 Å². The normalized spacial score (nSPS) is 11.5. The number of benzene rings is 2. The summed E-state index contributed by atoms with van der Waals surface area (Å²) in [5.74, 6) is -1.01. The van der Waals surface area contributed by atoms with Gasteiger partial charge in [-0.1, -0.05) is 11.6 Å². The summed E-state index contributed by atoms with van der Waals surface area (Å²) in [6.07, 6.45) is -0.930. The SMILES string of the molecule is CC(OC(=O)c1ccc(N)cc1)C(=O)Nc1ccc(Cl)cc1. The van der Waals surface area contributed by atoms with Crippen molar-refractivity contribution in [2.24, 2.45) is 0 Å². The maximum absolute atomic E-state index is 12.0. The Balaban J connectivity index is 1.94. The largest absolute Gasteiger partial charge is 0.449 e. The highest BCUT2D eigenvalue weighted by atomic mass is 35.5. The third kappa shape index (κ3) is 4.23. The standard InChI is InChI=1S/C16H15ClN2O3/c1-10(15(20)19-14-8-4-12(17)5-9-14)22-16(21)11-2-6-13(18)7-3-11/h2-10H,18H2,1H3,(H,19,20). The Hall–Kier alpha value is -2.53. The van der Waals surface area contributed by atoms with E-state index in [1.165, 1.54) is 6.92 Å². The molecule has 2 rings (SSSR count). The van der Waals surface area contributed by atoms with Gasteiger partial charge in [0.05, 0.1) is 5.56 Å². The number of amides is 1. The number of ether oxygens (including phenoxy) is 1. The molecule has 1 atom stereocenters. The molecule has 0 aliphatic rings. The van der Waals surface area contributed by atoms with Crippen LogP contribution in [0, 0.1) is 0 Å². The number of carbonyl (C=O) groups excluding carboxylic acids is 2. The Bertz CT molecular complexity index is 669. The monoisotopic (exact) mass is 318 g/mol. The first-order chi connectivity index (χ1) is 10.5. The Morgan fingerprint density at radius 3 is 2.27 bits per heavy atom. The van der Waals surface area contributed by atoms with Crippen molar-refractivity contribution in [3.63, 3.8) is 0 Å². The number of rotatable bonds is 4. The second kappa shape index (κ2) is 6.95.